The van der Waals surface area contributed by atoms with Gasteiger partial charge in [0.05, 0.1) is 0 Å². The number of anilines is 2. The van der Waals surface area contributed by atoms with Gasteiger partial charge in [0.2, 0.25) is 0 Å². The molecule has 2 aromatic heterocycles. The van der Waals surface area contributed by atoms with Crippen molar-refractivity contribution >= 4 is 11.5 Å². The number of rotatable bonds is 2. The molecule has 0 saturated heterocycles. The summed E-state index contributed by atoms with van der Waals surface area (Å²) in [5.74, 6) is 0.706. The third-order valence-corrected chi connectivity index (χ3v) is 3.32. The van der Waals surface area contributed by atoms with Crippen LogP contribution in [0.3, 0.4) is 0 Å². The Hall–Kier alpha value is -2.21. The molecule has 0 unspecified atom stereocenters. The van der Waals surface area contributed by atoms with E-state index in [2.05, 4.69) is 20.3 Å². The van der Waals surface area contributed by atoms with Crippen LogP contribution in [0, 0.1) is 0 Å². The summed E-state index contributed by atoms with van der Waals surface area (Å²) in [6.45, 7) is 1.61. The van der Waals surface area contributed by atoms with E-state index in [0.29, 0.717) is 5.82 Å². The van der Waals surface area contributed by atoms with Crippen molar-refractivity contribution in [2.45, 2.75) is 13.0 Å². The van der Waals surface area contributed by atoms with E-state index in [1.165, 1.54) is 0 Å². The van der Waals surface area contributed by atoms with Crippen molar-refractivity contribution in [3.8, 4) is 0 Å². The number of nitrogens with zero attached hydrogens (tertiary/aromatic N) is 3. The third kappa shape index (κ3) is 2.22. The summed E-state index contributed by atoms with van der Waals surface area (Å²) in [6, 6.07) is 3.79. The molecule has 6 nitrogen and oxygen atoms in total. The molecule has 2 N–H and O–H groups in total. The van der Waals surface area contributed by atoms with E-state index < -0.39 is 0 Å². The Morgan fingerprint density at radius 1 is 1.32 bits per heavy atom. The molecule has 6 heteroatoms. The fourth-order valence-corrected chi connectivity index (χ4v) is 2.32. The second-order valence-electron chi connectivity index (χ2n) is 4.51. The van der Waals surface area contributed by atoms with E-state index in [9.17, 15) is 4.79 Å². The average molecular weight is 257 g/mol. The summed E-state index contributed by atoms with van der Waals surface area (Å²) >= 11 is 0. The van der Waals surface area contributed by atoms with Gasteiger partial charge in [-0.3, -0.25) is 4.98 Å². The number of hydrogen-bond donors (Lipinski definition) is 2. The Morgan fingerprint density at radius 3 is 2.89 bits per heavy atom. The van der Waals surface area contributed by atoms with Crippen LogP contribution in [-0.4, -0.2) is 28.5 Å². The van der Waals surface area contributed by atoms with Gasteiger partial charge < -0.3 is 15.2 Å². The highest BCUT2D eigenvalue weighted by molar-refractivity contribution is 5.62. The van der Waals surface area contributed by atoms with Gasteiger partial charge in [-0.2, -0.15) is 4.98 Å². The van der Waals surface area contributed by atoms with Gasteiger partial charge in [0, 0.05) is 55.9 Å². The van der Waals surface area contributed by atoms with Gasteiger partial charge >= 0.3 is 5.69 Å². The summed E-state index contributed by atoms with van der Waals surface area (Å²) in [7, 11) is 1.91. The zero-order chi connectivity index (χ0) is 13.2. The molecule has 0 atom stereocenters. The van der Waals surface area contributed by atoms with Crippen molar-refractivity contribution in [2.75, 3.05) is 18.5 Å². The van der Waals surface area contributed by atoms with Gasteiger partial charge in [-0.05, 0) is 12.1 Å². The summed E-state index contributed by atoms with van der Waals surface area (Å²) in [5.41, 5.74) is 2.71. The minimum atomic E-state index is -0.295. The molecule has 0 bridgehead atoms. The summed E-state index contributed by atoms with van der Waals surface area (Å²) in [5, 5.41) is 3.31. The van der Waals surface area contributed by atoms with E-state index in [1.807, 2.05) is 24.1 Å². The van der Waals surface area contributed by atoms with E-state index in [-0.39, 0.29) is 5.69 Å². The topological polar surface area (TPSA) is 73.9 Å². The molecule has 19 heavy (non-hydrogen) atoms. The molecule has 0 fully saturated rings. The van der Waals surface area contributed by atoms with Crippen LogP contribution in [0.25, 0.3) is 0 Å². The molecule has 3 rings (SSSR count). The van der Waals surface area contributed by atoms with Gasteiger partial charge in [-0.1, -0.05) is 0 Å². The summed E-state index contributed by atoms with van der Waals surface area (Å²) in [6.07, 6.45) is 4.28. The van der Waals surface area contributed by atoms with Crippen molar-refractivity contribution in [3.05, 3.63) is 46.3 Å². The first-order valence-corrected chi connectivity index (χ1v) is 6.22. The van der Waals surface area contributed by atoms with Crippen LogP contribution in [-0.2, 0) is 13.0 Å². The largest absolute Gasteiger partial charge is 0.347 e. The van der Waals surface area contributed by atoms with Crippen molar-refractivity contribution in [2.24, 2.45) is 0 Å². The van der Waals surface area contributed by atoms with E-state index in [0.717, 1.165) is 36.5 Å². The predicted molar refractivity (Wildman–Crippen MR) is 72.6 cm³/mol. The highest BCUT2D eigenvalue weighted by Gasteiger charge is 2.19. The Kier molecular flexibility index (Phi) is 3.00. The predicted octanol–water partition coefficient (Wildman–Crippen LogP) is 0.578. The van der Waals surface area contributed by atoms with Crippen molar-refractivity contribution in [1.29, 1.82) is 0 Å². The van der Waals surface area contributed by atoms with E-state index >= 15 is 0 Å². The lowest BCUT2D eigenvalue weighted by Gasteiger charge is -2.25. The van der Waals surface area contributed by atoms with Crippen LogP contribution in [0.15, 0.2) is 29.3 Å². The number of fused-ring (bicyclic) bond motifs is 1. The molecule has 0 amide bonds. The highest BCUT2D eigenvalue weighted by atomic mass is 16.1. The molecule has 0 aromatic carbocycles. The molecule has 2 aromatic rings. The minimum absolute atomic E-state index is 0.295. The smallest absolute Gasteiger partial charge is 0.329 e. The van der Waals surface area contributed by atoms with Crippen molar-refractivity contribution in [1.82, 2.24) is 20.3 Å². The first-order chi connectivity index (χ1) is 9.25. The summed E-state index contributed by atoms with van der Waals surface area (Å²) < 4.78 is 0. The number of pyridine rings is 1. The van der Waals surface area contributed by atoms with E-state index in [4.69, 9.17) is 0 Å². The minimum Gasteiger partial charge on any atom is -0.329 e. The Bertz CT molecular complexity index is 637. The number of nitrogens with one attached hydrogen (secondary N) is 2. The molecule has 3 heterocycles. The molecule has 0 aliphatic carbocycles. The Labute approximate surface area is 110 Å². The van der Waals surface area contributed by atoms with Crippen LogP contribution < -0.4 is 15.9 Å². The number of aromatic amines is 1. The zero-order valence-corrected chi connectivity index (χ0v) is 10.7. The van der Waals surface area contributed by atoms with Gasteiger partial charge in [-0.15, -0.1) is 0 Å². The highest BCUT2D eigenvalue weighted by Crippen LogP contribution is 2.26. The number of aromatic nitrogens is 3. The first-order valence-electron chi connectivity index (χ1n) is 6.22. The second-order valence-corrected chi connectivity index (χ2v) is 4.51. The zero-order valence-electron chi connectivity index (χ0n) is 10.7. The van der Waals surface area contributed by atoms with Gasteiger partial charge in [-0.25, -0.2) is 4.79 Å². The van der Waals surface area contributed by atoms with Gasteiger partial charge in [0.1, 0.15) is 5.82 Å². The maximum Gasteiger partial charge on any atom is 0.347 e. The van der Waals surface area contributed by atoms with Crippen LogP contribution >= 0.6 is 0 Å². The SMILES string of the molecule is CN(c1ccncc1)c1nc(=O)[nH]c2c1CNCC2. The fraction of sp³-hybridized carbons (Fsp3) is 0.308. The maximum absolute atomic E-state index is 11.7. The first kappa shape index (κ1) is 11.9. The maximum atomic E-state index is 11.7. The monoisotopic (exact) mass is 257 g/mol. The van der Waals surface area contributed by atoms with Crippen LogP contribution in [0.4, 0.5) is 11.5 Å². The van der Waals surface area contributed by atoms with Crippen LogP contribution in [0.2, 0.25) is 0 Å². The number of H-pyrrole nitrogens is 1. The molecule has 98 valence electrons. The van der Waals surface area contributed by atoms with Gasteiger partial charge in [0.25, 0.3) is 0 Å². The fourth-order valence-electron chi connectivity index (χ4n) is 2.32. The Balaban J connectivity index is 2.10. The van der Waals surface area contributed by atoms with Crippen LogP contribution in [0.5, 0.6) is 0 Å². The molecule has 0 spiro atoms. The van der Waals surface area contributed by atoms with E-state index in [1.54, 1.807) is 12.4 Å². The second kappa shape index (κ2) is 4.81. The molecule has 0 saturated carbocycles. The lowest BCUT2D eigenvalue weighted by molar-refractivity contribution is 0.622. The molecular weight excluding hydrogens is 242 g/mol. The summed E-state index contributed by atoms with van der Waals surface area (Å²) in [4.78, 5) is 24.5. The molecule has 0 radical (unpaired) electrons. The molecule has 1 aliphatic rings. The van der Waals surface area contributed by atoms with Gasteiger partial charge in [0.15, 0.2) is 0 Å². The quantitative estimate of drug-likeness (QED) is 0.823. The lowest BCUT2D eigenvalue weighted by atomic mass is 10.1. The van der Waals surface area contributed by atoms with Crippen molar-refractivity contribution < 1.29 is 0 Å². The molecular formula is C13H15N5O. The number of hydrogen-bond acceptors (Lipinski definition) is 5. The average Bonchev–Trinajstić information content (AvgIpc) is 2.46. The van der Waals surface area contributed by atoms with Crippen LogP contribution in [0.1, 0.15) is 11.3 Å². The Morgan fingerprint density at radius 2 is 2.11 bits per heavy atom. The standard InChI is InChI=1S/C13H15N5O/c1-18(9-2-5-14-6-3-9)12-10-8-15-7-4-11(10)16-13(19)17-12/h2-3,5-6,15H,4,7-8H2,1H3,(H,16,17,19). The molecule has 1 aliphatic heterocycles. The third-order valence-electron chi connectivity index (χ3n) is 3.32. The lowest BCUT2D eigenvalue weighted by Crippen LogP contribution is -2.31. The van der Waals surface area contributed by atoms with Crippen molar-refractivity contribution in [3.63, 3.8) is 0 Å². The normalized spacial score (nSPS) is 13.9.